The van der Waals surface area contributed by atoms with Gasteiger partial charge in [-0.05, 0) is 50.1 Å². The Morgan fingerprint density at radius 2 is 2.06 bits per heavy atom. The van der Waals surface area contributed by atoms with Crippen LogP contribution in [0.15, 0.2) is 48.9 Å². The van der Waals surface area contributed by atoms with Gasteiger partial charge in [-0.3, -0.25) is 14.4 Å². The number of aromatic nitrogens is 4. The number of piperidine rings is 1. The van der Waals surface area contributed by atoms with Gasteiger partial charge in [-0.15, -0.1) is 0 Å². The molecule has 188 valence electrons. The van der Waals surface area contributed by atoms with Gasteiger partial charge in [0.25, 0.3) is 5.91 Å². The van der Waals surface area contributed by atoms with Crippen LogP contribution in [-0.4, -0.2) is 48.1 Å². The van der Waals surface area contributed by atoms with Crippen molar-refractivity contribution in [3.63, 3.8) is 0 Å². The molecule has 0 saturated carbocycles. The van der Waals surface area contributed by atoms with E-state index in [1.807, 2.05) is 6.92 Å². The van der Waals surface area contributed by atoms with Gasteiger partial charge in [-0.1, -0.05) is 13.3 Å². The number of hydrogen-bond donors (Lipinski definition) is 3. The summed E-state index contributed by atoms with van der Waals surface area (Å²) in [5, 5.41) is 32.5. The monoisotopic (exact) mass is 494 g/mol. The minimum atomic E-state index is -1.38. The van der Waals surface area contributed by atoms with E-state index in [1.54, 1.807) is 19.2 Å². The molecule has 3 atom stereocenters. The number of benzene rings is 1. The molecule has 0 spiro atoms. The Balaban J connectivity index is 1.98. The van der Waals surface area contributed by atoms with E-state index in [1.165, 1.54) is 50.9 Å². The van der Waals surface area contributed by atoms with Crippen molar-refractivity contribution in [2.75, 3.05) is 11.9 Å². The van der Waals surface area contributed by atoms with Crippen molar-refractivity contribution in [2.24, 2.45) is 11.7 Å². The summed E-state index contributed by atoms with van der Waals surface area (Å²) in [5.74, 6) is -1.76. The molecule has 4 N–H and O–H groups in total. The molecule has 2 aromatic heterocycles. The average Bonchev–Trinajstić information content (AvgIpc) is 3.52. The second-order valence-corrected chi connectivity index (χ2v) is 8.88. The largest absolute Gasteiger partial charge is 0.465 e. The Morgan fingerprint density at radius 1 is 1.33 bits per heavy atom. The highest BCUT2D eigenvalue weighted by molar-refractivity contribution is 5.98. The van der Waals surface area contributed by atoms with E-state index in [0.717, 1.165) is 0 Å². The molecule has 0 radical (unpaired) electrons. The van der Waals surface area contributed by atoms with Crippen LogP contribution >= 0.6 is 0 Å². The number of likely N-dealkylation sites (tertiary alicyclic amines) is 1. The molecule has 1 aliphatic rings. The molecule has 0 bridgehead atoms. The van der Waals surface area contributed by atoms with E-state index >= 15 is 0 Å². The van der Waals surface area contributed by atoms with Crippen LogP contribution in [0.4, 0.5) is 20.7 Å². The minimum Gasteiger partial charge on any atom is -0.465 e. The summed E-state index contributed by atoms with van der Waals surface area (Å²) in [6.07, 6.45) is 4.65. The number of carboxylic acid groups (broad SMARTS) is 1. The predicted molar refractivity (Wildman–Crippen MR) is 128 cm³/mol. The molecule has 1 saturated heterocycles. The van der Waals surface area contributed by atoms with E-state index in [9.17, 15) is 24.3 Å². The van der Waals surface area contributed by atoms with Crippen LogP contribution in [0.5, 0.6) is 0 Å². The molecule has 2 amide bonds. The zero-order valence-corrected chi connectivity index (χ0v) is 19.9. The SMILES string of the molecule is CCCC1(n2cc(C(N)=O)c(Nc3ccc(F)cc3)n2)C(C#N)CCN(C(=O)O)C1(C)n1cccn1. The van der Waals surface area contributed by atoms with E-state index in [4.69, 9.17) is 5.73 Å². The Labute approximate surface area is 206 Å². The molecule has 3 unspecified atom stereocenters. The fourth-order valence-corrected chi connectivity index (χ4v) is 5.38. The number of amides is 2. The molecule has 3 aromatic rings. The van der Waals surface area contributed by atoms with Crippen LogP contribution in [0.3, 0.4) is 0 Å². The number of nitrogens with one attached hydrogen (secondary N) is 1. The third kappa shape index (κ3) is 3.73. The summed E-state index contributed by atoms with van der Waals surface area (Å²) in [6.45, 7) is 3.75. The maximum atomic E-state index is 13.4. The van der Waals surface area contributed by atoms with Crippen LogP contribution < -0.4 is 11.1 Å². The number of nitrogens with zero attached hydrogens (tertiary/aromatic N) is 6. The number of hydrogen-bond acceptors (Lipinski definition) is 6. The summed E-state index contributed by atoms with van der Waals surface area (Å²) in [5.41, 5.74) is 3.55. The molecule has 1 aliphatic heterocycles. The van der Waals surface area contributed by atoms with Gasteiger partial charge in [0.15, 0.2) is 11.5 Å². The van der Waals surface area contributed by atoms with Crippen LogP contribution in [0.1, 0.15) is 43.5 Å². The van der Waals surface area contributed by atoms with Crippen molar-refractivity contribution in [1.29, 1.82) is 5.26 Å². The van der Waals surface area contributed by atoms with Gasteiger partial charge in [-0.25, -0.2) is 13.9 Å². The molecule has 3 heterocycles. The maximum absolute atomic E-state index is 13.4. The lowest BCUT2D eigenvalue weighted by atomic mass is 9.67. The number of carbonyl (C=O) groups is 2. The third-order valence-corrected chi connectivity index (χ3v) is 7.03. The molecule has 1 aromatic carbocycles. The van der Waals surface area contributed by atoms with Crippen molar-refractivity contribution in [1.82, 2.24) is 24.5 Å². The molecular weight excluding hydrogens is 467 g/mol. The zero-order valence-electron chi connectivity index (χ0n) is 19.9. The number of anilines is 2. The lowest BCUT2D eigenvalue weighted by Crippen LogP contribution is -2.71. The number of halogens is 1. The molecule has 0 aliphatic carbocycles. The highest BCUT2D eigenvalue weighted by atomic mass is 19.1. The molecule has 1 fully saturated rings. The Morgan fingerprint density at radius 3 is 2.61 bits per heavy atom. The summed E-state index contributed by atoms with van der Waals surface area (Å²) in [7, 11) is 0. The molecule has 11 nitrogen and oxygen atoms in total. The molecule has 36 heavy (non-hydrogen) atoms. The average molecular weight is 495 g/mol. The maximum Gasteiger partial charge on any atom is 0.409 e. The lowest BCUT2D eigenvalue weighted by Gasteiger charge is -2.58. The van der Waals surface area contributed by atoms with Crippen LogP contribution in [0, 0.1) is 23.1 Å². The third-order valence-electron chi connectivity index (χ3n) is 7.03. The number of carbonyl (C=O) groups excluding carboxylic acids is 1. The highest BCUT2D eigenvalue weighted by Gasteiger charge is 2.63. The summed E-state index contributed by atoms with van der Waals surface area (Å²) in [4.78, 5) is 26.2. The topological polar surface area (TPSA) is 155 Å². The molecule has 12 heteroatoms. The van der Waals surface area contributed by atoms with Gasteiger partial charge in [0.2, 0.25) is 0 Å². The van der Waals surface area contributed by atoms with Crippen molar-refractivity contribution in [3.05, 3.63) is 60.3 Å². The van der Waals surface area contributed by atoms with Gasteiger partial charge in [0, 0.05) is 30.8 Å². The first-order valence-electron chi connectivity index (χ1n) is 11.5. The second-order valence-electron chi connectivity index (χ2n) is 8.88. The summed E-state index contributed by atoms with van der Waals surface area (Å²) in [6, 6.07) is 9.53. The fraction of sp³-hybridized carbons (Fsp3) is 0.375. The second kappa shape index (κ2) is 9.33. The Bertz CT molecular complexity index is 1300. The standard InChI is InChI=1S/C24H27FN8O3/c1-3-10-24(16(14-26)9-13-31(22(35)36)23(24,2)32-12-4-11-28-32)33-15-19(20(27)34)21(30-33)29-18-7-5-17(25)6-8-18/h4-8,11-12,15-16H,3,9-10,13H2,1-2H3,(H2,27,34)(H,29,30)(H,35,36). The van der Waals surface area contributed by atoms with Crippen molar-refractivity contribution in [2.45, 2.75) is 44.3 Å². The quantitative estimate of drug-likeness (QED) is 0.454. The first-order valence-corrected chi connectivity index (χ1v) is 11.5. The van der Waals surface area contributed by atoms with Gasteiger partial charge in [0.1, 0.15) is 16.9 Å². The fourth-order valence-electron chi connectivity index (χ4n) is 5.38. The van der Waals surface area contributed by atoms with Crippen molar-refractivity contribution < 1.29 is 19.1 Å². The first-order chi connectivity index (χ1) is 17.2. The van der Waals surface area contributed by atoms with Crippen LogP contribution in [0.25, 0.3) is 0 Å². The smallest absolute Gasteiger partial charge is 0.409 e. The summed E-state index contributed by atoms with van der Waals surface area (Å²) < 4.78 is 16.4. The Kier molecular flexibility index (Phi) is 6.41. The van der Waals surface area contributed by atoms with Crippen LogP contribution in [-0.2, 0) is 11.2 Å². The lowest BCUT2D eigenvalue weighted by molar-refractivity contribution is -0.130. The zero-order chi connectivity index (χ0) is 26.1. The minimum absolute atomic E-state index is 0.0433. The van der Waals surface area contributed by atoms with E-state index in [2.05, 4.69) is 21.6 Å². The van der Waals surface area contributed by atoms with Crippen molar-refractivity contribution >= 4 is 23.5 Å². The van der Waals surface area contributed by atoms with Gasteiger partial charge >= 0.3 is 6.09 Å². The first kappa shape index (κ1) is 24.7. The molecule has 4 rings (SSSR count). The van der Waals surface area contributed by atoms with Gasteiger partial charge in [0.05, 0.1) is 12.0 Å². The van der Waals surface area contributed by atoms with E-state index in [-0.39, 0.29) is 24.3 Å². The van der Waals surface area contributed by atoms with E-state index < -0.39 is 34.9 Å². The van der Waals surface area contributed by atoms with Crippen molar-refractivity contribution in [3.8, 4) is 6.07 Å². The number of primary amides is 1. The normalized spacial score (nSPS) is 23.7. The number of rotatable bonds is 7. The number of nitrogens with two attached hydrogens (primary N) is 1. The summed E-state index contributed by atoms with van der Waals surface area (Å²) >= 11 is 0. The Hall–Kier alpha value is -4.40. The molecular formula is C24H27FN8O3. The predicted octanol–water partition coefficient (Wildman–Crippen LogP) is 3.45. The van der Waals surface area contributed by atoms with E-state index in [0.29, 0.717) is 18.5 Å². The van der Waals surface area contributed by atoms with Crippen LogP contribution in [0.2, 0.25) is 0 Å². The van der Waals surface area contributed by atoms with Gasteiger partial charge < -0.3 is 16.2 Å². The number of nitriles is 1. The van der Waals surface area contributed by atoms with Gasteiger partial charge in [-0.2, -0.15) is 15.5 Å². The highest BCUT2D eigenvalue weighted by Crippen LogP contribution is 2.52.